The molecule has 0 aliphatic heterocycles. The van der Waals surface area contributed by atoms with Gasteiger partial charge >= 0.3 is 5.97 Å². The lowest BCUT2D eigenvalue weighted by atomic mass is 9.97. The van der Waals surface area contributed by atoms with Gasteiger partial charge in [-0.25, -0.2) is 0 Å². The molecule has 0 saturated carbocycles. The highest BCUT2D eigenvalue weighted by atomic mass is 16.5. The Balaban J connectivity index is 1.55. The molecule has 8 heteroatoms. The average molecular weight is 599 g/mol. The van der Waals surface area contributed by atoms with E-state index in [0.29, 0.717) is 19.4 Å². The van der Waals surface area contributed by atoms with Crippen LogP contribution in [-0.2, 0) is 32.1 Å². The summed E-state index contributed by atoms with van der Waals surface area (Å²) in [6, 6.07) is 25.5. The van der Waals surface area contributed by atoms with Crippen LogP contribution in [0.1, 0.15) is 48.4 Å². The Morgan fingerprint density at radius 2 is 1.52 bits per heavy atom. The molecule has 3 aromatic carbocycles. The van der Waals surface area contributed by atoms with Gasteiger partial charge in [0.1, 0.15) is 19.0 Å². The lowest BCUT2D eigenvalue weighted by Gasteiger charge is -2.23. The molecule has 0 fully saturated rings. The zero-order chi connectivity index (χ0) is 31.6. The fourth-order valence-electron chi connectivity index (χ4n) is 4.57. The molecule has 44 heavy (non-hydrogen) atoms. The van der Waals surface area contributed by atoms with Crippen LogP contribution in [0.4, 0.5) is 0 Å². The highest BCUT2D eigenvalue weighted by Gasteiger charge is 2.26. The number of amides is 2. The predicted molar refractivity (Wildman–Crippen MR) is 171 cm³/mol. The molecule has 0 saturated heterocycles. The maximum absolute atomic E-state index is 13.3. The van der Waals surface area contributed by atoms with E-state index in [1.165, 1.54) is 0 Å². The molecular formula is C36H42N2O6. The number of hydrogen-bond acceptors (Lipinski definition) is 6. The van der Waals surface area contributed by atoms with E-state index in [0.717, 1.165) is 22.4 Å². The zero-order valence-electron chi connectivity index (χ0n) is 25.0. The Morgan fingerprint density at radius 3 is 2.16 bits per heavy atom. The molecule has 3 atom stereocenters. The van der Waals surface area contributed by atoms with Gasteiger partial charge in [0.2, 0.25) is 11.8 Å². The van der Waals surface area contributed by atoms with E-state index >= 15 is 0 Å². The second-order valence-corrected chi connectivity index (χ2v) is 10.5. The molecular weight excluding hydrogens is 556 g/mol. The third-order valence-electron chi connectivity index (χ3n) is 6.98. The summed E-state index contributed by atoms with van der Waals surface area (Å²) < 4.78 is 11.2. The fourth-order valence-corrected chi connectivity index (χ4v) is 4.57. The van der Waals surface area contributed by atoms with Crippen LogP contribution in [0.25, 0.3) is 0 Å². The summed E-state index contributed by atoms with van der Waals surface area (Å²) in [5.41, 5.74) is 2.77. The van der Waals surface area contributed by atoms with Crippen LogP contribution < -0.4 is 15.4 Å². The molecule has 0 heterocycles. The highest BCUT2D eigenvalue weighted by Crippen LogP contribution is 2.19. The Labute approximate surface area is 259 Å². The number of hydrogen-bond donors (Lipinski definition) is 3. The van der Waals surface area contributed by atoms with Gasteiger partial charge in [-0.1, -0.05) is 84.9 Å². The second kappa shape index (κ2) is 18.8. The van der Waals surface area contributed by atoms with E-state index in [1.54, 1.807) is 12.2 Å². The molecule has 0 aromatic heterocycles. The minimum atomic E-state index is -0.699. The molecule has 0 radical (unpaired) electrons. The second-order valence-electron chi connectivity index (χ2n) is 10.5. The van der Waals surface area contributed by atoms with E-state index in [-0.39, 0.29) is 50.3 Å². The van der Waals surface area contributed by atoms with Gasteiger partial charge in [-0.15, -0.1) is 13.2 Å². The van der Waals surface area contributed by atoms with Gasteiger partial charge in [-0.2, -0.15) is 0 Å². The summed E-state index contributed by atoms with van der Waals surface area (Å²) in [5, 5.41) is 15.8. The maximum Gasteiger partial charge on any atom is 0.306 e. The van der Waals surface area contributed by atoms with Crippen molar-refractivity contribution in [1.29, 1.82) is 0 Å². The zero-order valence-corrected chi connectivity index (χ0v) is 25.0. The molecule has 0 unspecified atom stereocenters. The normalized spacial score (nSPS) is 12.7. The minimum absolute atomic E-state index is 0.0403. The number of benzene rings is 3. The molecule has 0 bridgehead atoms. The Morgan fingerprint density at radius 1 is 0.841 bits per heavy atom. The van der Waals surface area contributed by atoms with E-state index in [2.05, 4.69) is 23.8 Å². The van der Waals surface area contributed by atoms with Crippen molar-refractivity contribution in [3.8, 4) is 5.75 Å². The Kier molecular flexibility index (Phi) is 14.4. The van der Waals surface area contributed by atoms with Crippen LogP contribution in [0.2, 0.25) is 0 Å². The number of carbonyl (C=O) groups is 3. The van der Waals surface area contributed by atoms with Crippen LogP contribution in [0.15, 0.2) is 110 Å². The first-order valence-corrected chi connectivity index (χ1v) is 14.8. The van der Waals surface area contributed by atoms with Crippen molar-refractivity contribution in [2.24, 2.45) is 5.92 Å². The first kappa shape index (κ1) is 33.8. The number of esters is 1. The Hall–Kier alpha value is -4.69. The number of rotatable bonds is 19. The summed E-state index contributed by atoms with van der Waals surface area (Å²) in [5.74, 6) is -1.08. The van der Waals surface area contributed by atoms with Gasteiger partial charge in [0, 0.05) is 12.8 Å². The summed E-state index contributed by atoms with van der Waals surface area (Å²) in [7, 11) is 0. The summed E-state index contributed by atoms with van der Waals surface area (Å²) in [6.45, 7) is 7.52. The molecule has 8 nitrogen and oxygen atoms in total. The summed E-state index contributed by atoms with van der Waals surface area (Å²) >= 11 is 0. The summed E-state index contributed by atoms with van der Waals surface area (Å²) in [6.07, 6.45) is 4.53. The van der Waals surface area contributed by atoms with Gasteiger partial charge in [-0.05, 0) is 48.1 Å². The molecule has 3 N–H and O–H groups in total. The average Bonchev–Trinajstić information content (AvgIpc) is 3.05. The number of aliphatic hydroxyl groups excluding tert-OH is 1. The highest BCUT2D eigenvalue weighted by molar-refractivity contribution is 5.86. The van der Waals surface area contributed by atoms with Gasteiger partial charge in [-0.3, -0.25) is 14.4 Å². The van der Waals surface area contributed by atoms with Gasteiger partial charge < -0.3 is 25.2 Å². The van der Waals surface area contributed by atoms with Crippen LogP contribution in [-0.4, -0.2) is 42.1 Å². The van der Waals surface area contributed by atoms with E-state index < -0.39 is 18.0 Å². The Bertz CT molecular complexity index is 1330. The van der Waals surface area contributed by atoms with E-state index in [1.807, 2.05) is 84.9 Å². The van der Waals surface area contributed by atoms with Crippen molar-refractivity contribution in [2.75, 3.05) is 13.2 Å². The maximum atomic E-state index is 13.3. The fraction of sp³-hybridized carbons (Fsp3) is 0.306. The van der Waals surface area contributed by atoms with Gasteiger partial charge in [0.15, 0.2) is 0 Å². The van der Waals surface area contributed by atoms with Crippen molar-refractivity contribution in [1.82, 2.24) is 10.6 Å². The standard InChI is InChI=1S/C36H42N2O6/c1-3-5-17-35(41)44-26-33(29-15-10-7-11-16-29)38-36(42)30(12-4-2)23-34(40)37-31(24-39)22-27-18-20-32(21-19-27)43-25-28-13-8-6-9-14-28/h3-4,6-11,13-16,18-21,30-31,33,39H,1-2,5,12,17,22-26H2,(H,37,40)(H,38,42)/t30-,31-,33+/m0/s1. The molecule has 3 rings (SSSR count). The molecule has 2 amide bonds. The van der Waals surface area contributed by atoms with Crippen molar-refractivity contribution >= 4 is 17.8 Å². The molecule has 3 aromatic rings. The van der Waals surface area contributed by atoms with Gasteiger partial charge in [0.05, 0.1) is 24.6 Å². The van der Waals surface area contributed by atoms with Crippen LogP contribution in [0.3, 0.4) is 0 Å². The van der Waals surface area contributed by atoms with Crippen LogP contribution >= 0.6 is 0 Å². The van der Waals surface area contributed by atoms with Gasteiger partial charge in [0.25, 0.3) is 0 Å². The molecule has 232 valence electrons. The number of ether oxygens (including phenoxy) is 2. The smallest absolute Gasteiger partial charge is 0.306 e. The van der Waals surface area contributed by atoms with E-state index in [9.17, 15) is 19.5 Å². The summed E-state index contributed by atoms with van der Waals surface area (Å²) in [4.78, 5) is 38.4. The third-order valence-corrected chi connectivity index (χ3v) is 6.98. The third kappa shape index (κ3) is 11.9. The van der Waals surface area contributed by atoms with Crippen molar-refractivity contribution in [3.05, 3.63) is 127 Å². The first-order chi connectivity index (χ1) is 21.4. The quantitative estimate of drug-likeness (QED) is 0.129. The van der Waals surface area contributed by atoms with Crippen LogP contribution in [0, 0.1) is 5.92 Å². The van der Waals surface area contributed by atoms with Crippen LogP contribution in [0.5, 0.6) is 5.75 Å². The molecule has 0 spiro atoms. The predicted octanol–water partition coefficient (Wildman–Crippen LogP) is 5.23. The van der Waals surface area contributed by atoms with Crippen molar-refractivity contribution < 1.29 is 29.0 Å². The number of carbonyl (C=O) groups excluding carboxylic acids is 3. The van der Waals surface area contributed by atoms with Crippen molar-refractivity contribution in [2.45, 2.75) is 50.8 Å². The number of allylic oxidation sites excluding steroid dienone is 2. The van der Waals surface area contributed by atoms with E-state index in [4.69, 9.17) is 9.47 Å². The largest absolute Gasteiger partial charge is 0.489 e. The minimum Gasteiger partial charge on any atom is -0.489 e. The SMILES string of the molecule is C=CCCC(=O)OC[C@@H](NC(=O)[C@@H](CC=C)CC(=O)N[C@H](CO)Cc1ccc(OCc2ccccc2)cc1)c1ccccc1. The first-order valence-electron chi connectivity index (χ1n) is 14.8. The number of aliphatic hydroxyl groups is 1. The molecule has 0 aliphatic carbocycles. The topological polar surface area (TPSA) is 114 Å². The lowest BCUT2D eigenvalue weighted by molar-refractivity contribution is -0.145. The monoisotopic (exact) mass is 598 g/mol. The molecule has 0 aliphatic rings. The van der Waals surface area contributed by atoms with Crippen molar-refractivity contribution in [3.63, 3.8) is 0 Å². The number of nitrogens with one attached hydrogen (secondary N) is 2. The lowest BCUT2D eigenvalue weighted by Crippen LogP contribution is -2.42.